The van der Waals surface area contributed by atoms with Crippen molar-refractivity contribution in [3.05, 3.63) is 0 Å². The Hall–Kier alpha value is -0.780. The van der Waals surface area contributed by atoms with Gasteiger partial charge in [0.05, 0.1) is 11.5 Å². The zero-order valence-corrected chi connectivity index (χ0v) is 14.9. The van der Waals surface area contributed by atoms with Gasteiger partial charge in [-0.25, -0.2) is 13.2 Å². The molecule has 3 fully saturated rings. The van der Waals surface area contributed by atoms with Gasteiger partial charge in [0, 0.05) is 19.1 Å². The normalized spacial score (nSPS) is 30.6. The SMILES string of the molecule is O=C(NC1CCCS(=O)(=O)C1)N1CCCC2(CCCCC2)CC1. The van der Waals surface area contributed by atoms with E-state index in [-0.39, 0.29) is 23.6 Å². The maximum absolute atomic E-state index is 12.5. The molecule has 1 unspecified atom stereocenters. The first kappa shape index (κ1) is 17.1. The molecular weight excluding hydrogens is 312 g/mol. The van der Waals surface area contributed by atoms with Crippen LogP contribution in [0, 0.1) is 5.41 Å². The van der Waals surface area contributed by atoms with Gasteiger partial charge in [0.1, 0.15) is 0 Å². The van der Waals surface area contributed by atoms with Crippen LogP contribution in [-0.2, 0) is 9.84 Å². The van der Waals surface area contributed by atoms with Crippen LogP contribution in [0.15, 0.2) is 0 Å². The molecular formula is C17H30N2O3S. The Bertz CT molecular complexity index is 526. The van der Waals surface area contributed by atoms with E-state index < -0.39 is 9.84 Å². The third kappa shape index (κ3) is 4.40. The Morgan fingerprint density at radius 3 is 2.43 bits per heavy atom. The molecule has 1 N–H and O–H groups in total. The number of sulfone groups is 1. The van der Waals surface area contributed by atoms with Gasteiger partial charge in [-0.3, -0.25) is 0 Å². The number of likely N-dealkylation sites (tertiary alicyclic amines) is 1. The largest absolute Gasteiger partial charge is 0.334 e. The topological polar surface area (TPSA) is 66.5 Å². The van der Waals surface area contributed by atoms with Crippen LogP contribution >= 0.6 is 0 Å². The second-order valence-electron chi connectivity index (χ2n) is 7.80. The predicted molar refractivity (Wildman–Crippen MR) is 91.1 cm³/mol. The minimum absolute atomic E-state index is 0.0556. The fraction of sp³-hybridized carbons (Fsp3) is 0.941. The summed E-state index contributed by atoms with van der Waals surface area (Å²) in [5.74, 6) is 0.377. The molecule has 3 rings (SSSR count). The molecule has 2 aliphatic heterocycles. The van der Waals surface area contributed by atoms with Crippen molar-refractivity contribution in [2.45, 2.75) is 70.3 Å². The average Bonchev–Trinajstić information content (AvgIpc) is 2.70. The summed E-state index contributed by atoms with van der Waals surface area (Å²) < 4.78 is 23.4. The van der Waals surface area contributed by atoms with Crippen molar-refractivity contribution in [3.63, 3.8) is 0 Å². The molecule has 132 valence electrons. The lowest BCUT2D eigenvalue weighted by molar-refractivity contribution is 0.157. The molecule has 0 aromatic rings. The van der Waals surface area contributed by atoms with E-state index in [1.165, 1.54) is 38.5 Å². The summed E-state index contributed by atoms with van der Waals surface area (Å²) in [5.41, 5.74) is 0.474. The van der Waals surface area contributed by atoms with E-state index in [1.54, 1.807) is 0 Å². The van der Waals surface area contributed by atoms with E-state index in [0.717, 1.165) is 32.4 Å². The van der Waals surface area contributed by atoms with E-state index in [4.69, 9.17) is 0 Å². The lowest BCUT2D eigenvalue weighted by Crippen LogP contribution is -2.49. The van der Waals surface area contributed by atoms with E-state index >= 15 is 0 Å². The van der Waals surface area contributed by atoms with E-state index in [9.17, 15) is 13.2 Å². The van der Waals surface area contributed by atoms with Gasteiger partial charge in [0.25, 0.3) is 0 Å². The third-order valence-electron chi connectivity index (χ3n) is 6.04. The van der Waals surface area contributed by atoms with Crippen molar-refractivity contribution < 1.29 is 13.2 Å². The van der Waals surface area contributed by atoms with Crippen LogP contribution in [0.25, 0.3) is 0 Å². The van der Waals surface area contributed by atoms with Gasteiger partial charge in [-0.1, -0.05) is 19.3 Å². The zero-order valence-electron chi connectivity index (χ0n) is 14.1. The number of hydrogen-bond acceptors (Lipinski definition) is 3. The highest BCUT2D eigenvalue weighted by Gasteiger charge is 2.35. The molecule has 0 aromatic heterocycles. The van der Waals surface area contributed by atoms with Crippen LogP contribution < -0.4 is 5.32 Å². The molecule has 0 bridgehead atoms. The van der Waals surface area contributed by atoms with E-state index in [0.29, 0.717) is 11.8 Å². The van der Waals surface area contributed by atoms with E-state index in [2.05, 4.69) is 5.32 Å². The number of carbonyl (C=O) groups excluding carboxylic acids is 1. The standard InChI is InChI=1S/C17H30N2O3S/c20-16(18-15-6-4-13-23(21,22)14-15)19-11-5-9-17(10-12-19)7-2-1-3-8-17/h15H,1-14H2,(H,18,20). The van der Waals surface area contributed by atoms with Crippen LogP contribution in [0.3, 0.4) is 0 Å². The van der Waals surface area contributed by atoms with Gasteiger partial charge in [-0.15, -0.1) is 0 Å². The summed E-state index contributed by atoms with van der Waals surface area (Å²) in [4.78, 5) is 14.4. The summed E-state index contributed by atoms with van der Waals surface area (Å²) in [5, 5.41) is 2.97. The zero-order chi connectivity index (χ0) is 16.3. The molecule has 1 aliphatic carbocycles. The second kappa shape index (κ2) is 6.99. The summed E-state index contributed by atoms with van der Waals surface area (Å²) in [6.07, 6.45) is 11.6. The highest BCUT2D eigenvalue weighted by Crippen LogP contribution is 2.44. The van der Waals surface area contributed by atoms with Crippen LogP contribution in [0.5, 0.6) is 0 Å². The number of rotatable bonds is 1. The fourth-order valence-corrected chi connectivity index (χ4v) is 6.30. The molecule has 3 aliphatic rings. The van der Waals surface area contributed by atoms with Gasteiger partial charge in [-0.2, -0.15) is 0 Å². The first-order valence-electron chi connectivity index (χ1n) is 9.24. The first-order valence-corrected chi connectivity index (χ1v) is 11.1. The van der Waals surface area contributed by atoms with Gasteiger partial charge in [-0.05, 0) is 50.4 Å². The molecule has 2 amide bonds. The number of urea groups is 1. The highest BCUT2D eigenvalue weighted by atomic mass is 32.2. The molecule has 6 heteroatoms. The smallest absolute Gasteiger partial charge is 0.317 e. The Morgan fingerprint density at radius 1 is 0.957 bits per heavy atom. The van der Waals surface area contributed by atoms with Crippen molar-refractivity contribution in [3.8, 4) is 0 Å². The lowest BCUT2D eigenvalue weighted by Gasteiger charge is -2.36. The number of nitrogens with one attached hydrogen (secondary N) is 1. The van der Waals surface area contributed by atoms with E-state index in [1.807, 2.05) is 4.90 Å². The van der Waals surface area contributed by atoms with Crippen molar-refractivity contribution in [2.75, 3.05) is 24.6 Å². The molecule has 0 radical (unpaired) electrons. The summed E-state index contributed by atoms with van der Waals surface area (Å²) in [6.45, 7) is 1.64. The van der Waals surface area contributed by atoms with Crippen LogP contribution in [0.4, 0.5) is 4.79 Å². The first-order chi connectivity index (χ1) is 11.0. The van der Waals surface area contributed by atoms with Gasteiger partial charge >= 0.3 is 6.03 Å². The van der Waals surface area contributed by atoms with Crippen LogP contribution in [0.2, 0.25) is 0 Å². The van der Waals surface area contributed by atoms with Crippen molar-refractivity contribution in [1.29, 1.82) is 0 Å². The Morgan fingerprint density at radius 2 is 1.70 bits per heavy atom. The summed E-state index contributed by atoms with van der Waals surface area (Å²) in [7, 11) is -2.97. The second-order valence-corrected chi connectivity index (χ2v) is 10.0. The lowest BCUT2D eigenvalue weighted by atomic mass is 9.69. The minimum atomic E-state index is -2.97. The fourth-order valence-electron chi connectivity index (χ4n) is 4.66. The maximum atomic E-state index is 12.5. The van der Waals surface area contributed by atoms with Gasteiger partial charge in [0.15, 0.2) is 9.84 Å². The molecule has 2 saturated heterocycles. The molecule has 2 heterocycles. The van der Waals surface area contributed by atoms with Crippen molar-refractivity contribution in [1.82, 2.24) is 10.2 Å². The number of carbonyl (C=O) groups is 1. The predicted octanol–water partition coefficient (Wildman–Crippen LogP) is 2.71. The Kier molecular flexibility index (Phi) is 5.19. The summed E-state index contributed by atoms with van der Waals surface area (Å²) in [6, 6.07) is -0.256. The molecule has 1 saturated carbocycles. The third-order valence-corrected chi connectivity index (χ3v) is 7.86. The van der Waals surface area contributed by atoms with Crippen LogP contribution in [0.1, 0.15) is 64.2 Å². The Balaban J connectivity index is 1.53. The highest BCUT2D eigenvalue weighted by molar-refractivity contribution is 7.91. The quantitative estimate of drug-likeness (QED) is 0.797. The minimum Gasteiger partial charge on any atom is -0.334 e. The Labute approximate surface area is 140 Å². The average molecular weight is 343 g/mol. The number of hydrogen-bond donors (Lipinski definition) is 1. The molecule has 23 heavy (non-hydrogen) atoms. The molecule has 1 atom stereocenters. The molecule has 1 spiro atoms. The molecule has 5 nitrogen and oxygen atoms in total. The van der Waals surface area contributed by atoms with Gasteiger partial charge < -0.3 is 10.2 Å². The monoisotopic (exact) mass is 342 g/mol. The van der Waals surface area contributed by atoms with Gasteiger partial charge in [0.2, 0.25) is 0 Å². The molecule has 0 aromatic carbocycles. The van der Waals surface area contributed by atoms with Crippen molar-refractivity contribution in [2.24, 2.45) is 5.41 Å². The van der Waals surface area contributed by atoms with Crippen molar-refractivity contribution >= 4 is 15.9 Å². The van der Waals surface area contributed by atoms with Crippen LogP contribution in [-0.4, -0.2) is 50.0 Å². The maximum Gasteiger partial charge on any atom is 0.317 e. The number of nitrogens with zero attached hydrogens (tertiary/aromatic N) is 1. The summed E-state index contributed by atoms with van der Waals surface area (Å²) >= 11 is 0. The number of amides is 2.